The van der Waals surface area contributed by atoms with Gasteiger partial charge in [0.2, 0.25) is 0 Å². The van der Waals surface area contributed by atoms with Gasteiger partial charge in [-0.25, -0.2) is 0 Å². The summed E-state index contributed by atoms with van der Waals surface area (Å²) in [5.74, 6) is 0. The summed E-state index contributed by atoms with van der Waals surface area (Å²) >= 11 is 0. The summed E-state index contributed by atoms with van der Waals surface area (Å²) in [4.78, 5) is 0. The standard InChI is InChI=1S/C7H10N2/c1-6(5-8)3-4-7(2)9/h3-4H,9H2,1-2H3/b6-3-,7-4+. The maximum absolute atomic E-state index is 8.26. The molecule has 0 spiro atoms. The number of hydrogen-bond acceptors (Lipinski definition) is 2. The van der Waals surface area contributed by atoms with Crippen LogP contribution in [-0.4, -0.2) is 0 Å². The average Bonchev–Trinajstić information content (AvgIpc) is 1.83. The van der Waals surface area contributed by atoms with Crippen molar-refractivity contribution in [1.29, 1.82) is 5.26 Å². The van der Waals surface area contributed by atoms with Gasteiger partial charge in [-0.15, -0.1) is 0 Å². The molecule has 0 saturated carbocycles. The topological polar surface area (TPSA) is 49.8 Å². The first-order chi connectivity index (χ1) is 4.16. The molecular weight excluding hydrogens is 112 g/mol. The Labute approximate surface area is 55.3 Å². The van der Waals surface area contributed by atoms with Crippen molar-refractivity contribution in [1.82, 2.24) is 0 Å². The van der Waals surface area contributed by atoms with Crippen LogP contribution in [0.4, 0.5) is 0 Å². The van der Waals surface area contributed by atoms with Crippen molar-refractivity contribution in [3.63, 3.8) is 0 Å². The van der Waals surface area contributed by atoms with Gasteiger partial charge in [0.05, 0.1) is 6.07 Å². The van der Waals surface area contributed by atoms with Gasteiger partial charge in [-0.05, 0) is 26.0 Å². The van der Waals surface area contributed by atoms with E-state index >= 15 is 0 Å². The Balaban J connectivity index is 4.03. The summed E-state index contributed by atoms with van der Waals surface area (Å²) < 4.78 is 0. The summed E-state index contributed by atoms with van der Waals surface area (Å²) in [6.07, 6.45) is 3.40. The van der Waals surface area contributed by atoms with Crippen LogP contribution in [-0.2, 0) is 0 Å². The summed E-state index contributed by atoms with van der Waals surface area (Å²) in [5, 5.41) is 8.26. The van der Waals surface area contributed by atoms with E-state index in [0.717, 1.165) is 0 Å². The van der Waals surface area contributed by atoms with E-state index < -0.39 is 0 Å². The highest BCUT2D eigenvalue weighted by Crippen LogP contribution is 1.90. The Bertz CT molecular complexity index is 178. The zero-order valence-corrected chi connectivity index (χ0v) is 5.68. The lowest BCUT2D eigenvalue weighted by atomic mass is 10.3. The summed E-state index contributed by atoms with van der Waals surface area (Å²) in [6, 6.07) is 1.98. The second-order valence-electron chi connectivity index (χ2n) is 1.87. The van der Waals surface area contributed by atoms with Gasteiger partial charge in [0.1, 0.15) is 0 Å². The van der Waals surface area contributed by atoms with Crippen LogP contribution in [0.5, 0.6) is 0 Å². The first-order valence-corrected chi connectivity index (χ1v) is 2.67. The third kappa shape index (κ3) is 4.63. The van der Waals surface area contributed by atoms with Gasteiger partial charge in [-0.3, -0.25) is 0 Å². The number of nitrogens with zero attached hydrogens (tertiary/aromatic N) is 1. The largest absolute Gasteiger partial charge is 0.402 e. The molecule has 0 aliphatic carbocycles. The van der Waals surface area contributed by atoms with E-state index in [-0.39, 0.29) is 0 Å². The maximum atomic E-state index is 8.26. The molecule has 0 aromatic heterocycles. The summed E-state index contributed by atoms with van der Waals surface area (Å²) in [5.41, 5.74) is 6.68. The second-order valence-corrected chi connectivity index (χ2v) is 1.87. The fourth-order valence-electron chi connectivity index (χ4n) is 0.294. The van der Waals surface area contributed by atoms with Crippen LogP contribution in [0.15, 0.2) is 23.4 Å². The zero-order chi connectivity index (χ0) is 7.28. The first-order valence-electron chi connectivity index (χ1n) is 2.67. The van der Waals surface area contributed by atoms with Crippen molar-refractivity contribution in [2.75, 3.05) is 0 Å². The smallest absolute Gasteiger partial charge is 0.0944 e. The molecule has 2 heteroatoms. The lowest BCUT2D eigenvalue weighted by Gasteiger charge is -1.83. The number of hydrogen-bond donors (Lipinski definition) is 1. The normalized spacial score (nSPS) is 13.0. The highest BCUT2D eigenvalue weighted by atomic mass is 14.5. The van der Waals surface area contributed by atoms with Crippen LogP contribution in [0, 0.1) is 11.3 Å². The number of nitrogens with two attached hydrogens (primary N) is 1. The molecule has 0 amide bonds. The molecule has 2 nitrogen and oxygen atoms in total. The zero-order valence-electron chi connectivity index (χ0n) is 5.68. The molecule has 0 radical (unpaired) electrons. The number of rotatable bonds is 1. The van der Waals surface area contributed by atoms with E-state index in [1.165, 1.54) is 0 Å². The fraction of sp³-hybridized carbons (Fsp3) is 0.286. The molecule has 0 heterocycles. The van der Waals surface area contributed by atoms with E-state index in [9.17, 15) is 0 Å². The maximum Gasteiger partial charge on any atom is 0.0944 e. The fourth-order valence-corrected chi connectivity index (χ4v) is 0.294. The predicted molar refractivity (Wildman–Crippen MR) is 37.3 cm³/mol. The predicted octanol–water partition coefficient (Wildman–Crippen LogP) is 1.32. The molecular formula is C7H10N2. The molecule has 0 rings (SSSR count). The van der Waals surface area contributed by atoms with Crippen LogP contribution in [0.1, 0.15) is 13.8 Å². The minimum atomic E-state index is 0.666. The summed E-state index contributed by atoms with van der Waals surface area (Å²) in [7, 11) is 0. The van der Waals surface area contributed by atoms with Gasteiger partial charge >= 0.3 is 0 Å². The highest BCUT2D eigenvalue weighted by molar-refractivity contribution is 5.24. The Morgan fingerprint density at radius 3 is 2.33 bits per heavy atom. The Hall–Kier alpha value is -1.23. The number of allylic oxidation sites excluding steroid dienone is 4. The summed E-state index contributed by atoms with van der Waals surface area (Å²) in [6.45, 7) is 3.51. The van der Waals surface area contributed by atoms with Gasteiger partial charge in [0, 0.05) is 11.3 Å². The molecule has 0 atom stereocenters. The van der Waals surface area contributed by atoms with Gasteiger partial charge in [0.15, 0.2) is 0 Å². The Morgan fingerprint density at radius 2 is 2.00 bits per heavy atom. The molecule has 0 aromatic rings. The Morgan fingerprint density at radius 1 is 1.44 bits per heavy atom. The molecule has 0 bridgehead atoms. The molecule has 0 fully saturated rings. The third-order valence-electron chi connectivity index (χ3n) is 0.773. The van der Waals surface area contributed by atoms with E-state index in [2.05, 4.69) is 0 Å². The highest BCUT2D eigenvalue weighted by Gasteiger charge is 1.78. The van der Waals surface area contributed by atoms with Crippen molar-refractivity contribution < 1.29 is 0 Å². The Kier molecular flexibility index (Phi) is 3.22. The third-order valence-corrected chi connectivity index (χ3v) is 0.773. The van der Waals surface area contributed by atoms with Crippen molar-refractivity contribution in [3.8, 4) is 6.07 Å². The molecule has 9 heavy (non-hydrogen) atoms. The quantitative estimate of drug-likeness (QED) is 0.421. The van der Waals surface area contributed by atoms with Crippen molar-refractivity contribution in [2.45, 2.75) is 13.8 Å². The van der Waals surface area contributed by atoms with E-state index in [0.29, 0.717) is 11.3 Å². The van der Waals surface area contributed by atoms with Gasteiger partial charge in [-0.1, -0.05) is 0 Å². The van der Waals surface area contributed by atoms with Crippen molar-refractivity contribution in [3.05, 3.63) is 23.4 Å². The van der Waals surface area contributed by atoms with Crippen LogP contribution >= 0.6 is 0 Å². The lowest BCUT2D eigenvalue weighted by Crippen LogP contribution is -1.87. The minimum absolute atomic E-state index is 0.666. The average molecular weight is 122 g/mol. The van der Waals surface area contributed by atoms with Crippen molar-refractivity contribution in [2.24, 2.45) is 5.73 Å². The first kappa shape index (κ1) is 7.77. The van der Waals surface area contributed by atoms with Crippen LogP contribution in [0.3, 0.4) is 0 Å². The molecule has 0 unspecified atom stereocenters. The molecule has 0 aromatic carbocycles. The van der Waals surface area contributed by atoms with E-state index in [1.807, 2.05) is 6.07 Å². The SMILES string of the molecule is C/C(C#N)=C/C=C(\C)N. The molecule has 0 saturated heterocycles. The molecule has 48 valence electrons. The van der Waals surface area contributed by atoms with Gasteiger partial charge in [0.25, 0.3) is 0 Å². The van der Waals surface area contributed by atoms with E-state index in [1.54, 1.807) is 26.0 Å². The van der Waals surface area contributed by atoms with Gasteiger partial charge in [-0.2, -0.15) is 5.26 Å². The monoisotopic (exact) mass is 122 g/mol. The number of nitriles is 1. The second kappa shape index (κ2) is 3.73. The van der Waals surface area contributed by atoms with Crippen LogP contribution in [0.25, 0.3) is 0 Å². The van der Waals surface area contributed by atoms with Gasteiger partial charge < -0.3 is 5.73 Å². The minimum Gasteiger partial charge on any atom is -0.402 e. The molecule has 0 aliphatic heterocycles. The molecule has 2 N–H and O–H groups in total. The van der Waals surface area contributed by atoms with E-state index in [4.69, 9.17) is 11.0 Å². The lowest BCUT2D eigenvalue weighted by molar-refractivity contribution is 1.31. The van der Waals surface area contributed by atoms with Crippen LogP contribution < -0.4 is 5.73 Å². The van der Waals surface area contributed by atoms with Crippen LogP contribution in [0.2, 0.25) is 0 Å². The molecule has 0 aliphatic rings. The van der Waals surface area contributed by atoms with Crippen molar-refractivity contribution >= 4 is 0 Å².